The largest absolute Gasteiger partial charge is 0.481 e. The van der Waals surface area contributed by atoms with Crippen molar-refractivity contribution in [2.75, 3.05) is 18.4 Å². The molecule has 0 spiro atoms. The second-order valence-electron chi connectivity index (χ2n) is 6.63. The molecule has 8 nitrogen and oxygen atoms in total. The van der Waals surface area contributed by atoms with Crippen molar-refractivity contribution in [3.63, 3.8) is 0 Å². The van der Waals surface area contributed by atoms with Gasteiger partial charge in [-0.15, -0.1) is 5.10 Å². The number of rotatable bonds is 3. The minimum atomic E-state index is -0.913. The fraction of sp³-hybridized carbons (Fsp3) is 0.333. The zero-order chi connectivity index (χ0) is 19.6. The van der Waals surface area contributed by atoms with Crippen molar-refractivity contribution in [3.05, 3.63) is 41.8 Å². The van der Waals surface area contributed by atoms with E-state index in [-0.39, 0.29) is 23.8 Å². The van der Waals surface area contributed by atoms with E-state index in [1.54, 1.807) is 12.3 Å². The van der Waals surface area contributed by atoms with E-state index in [0.717, 1.165) is 6.07 Å². The third-order valence-corrected chi connectivity index (χ3v) is 4.45. The lowest BCUT2D eigenvalue weighted by Crippen LogP contribution is -2.47. The summed E-state index contributed by atoms with van der Waals surface area (Å²) in [4.78, 5) is 25.2. The number of aromatic nitrogens is 2. The Bertz CT molecular complexity index is 920. The van der Waals surface area contributed by atoms with Crippen LogP contribution in [-0.2, 0) is 4.79 Å². The minimum Gasteiger partial charge on any atom is -0.481 e. The Morgan fingerprint density at radius 3 is 2.85 bits per heavy atom. The van der Waals surface area contributed by atoms with E-state index in [2.05, 4.69) is 10.4 Å². The maximum atomic E-state index is 13.3. The van der Waals surface area contributed by atoms with Crippen molar-refractivity contribution >= 4 is 17.8 Å². The van der Waals surface area contributed by atoms with Crippen molar-refractivity contribution in [1.82, 2.24) is 14.7 Å². The Labute approximate surface area is 154 Å². The van der Waals surface area contributed by atoms with Crippen LogP contribution in [0.5, 0.6) is 0 Å². The van der Waals surface area contributed by atoms with E-state index < -0.39 is 23.7 Å². The van der Waals surface area contributed by atoms with Crippen LogP contribution in [0, 0.1) is 29.0 Å². The lowest BCUT2D eigenvalue weighted by atomic mass is 9.91. The summed E-state index contributed by atoms with van der Waals surface area (Å²) in [5, 5.41) is 25.2. The summed E-state index contributed by atoms with van der Waals surface area (Å²) in [7, 11) is 0. The monoisotopic (exact) mass is 371 g/mol. The first-order chi connectivity index (χ1) is 12.9. The number of carboxylic acids is 1. The van der Waals surface area contributed by atoms with Gasteiger partial charge in [0.15, 0.2) is 5.82 Å². The molecule has 2 N–H and O–H groups in total. The summed E-state index contributed by atoms with van der Waals surface area (Å²) in [5.41, 5.74) is 0.502. The Morgan fingerprint density at radius 1 is 1.37 bits per heavy atom. The van der Waals surface area contributed by atoms with Gasteiger partial charge in [0.2, 0.25) is 0 Å². The summed E-state index contributed by atoms with van der Waals surface area (Å²) in [6.45, 7) is 2.51. The van der Waals surface area contributed by atoms with Gasteiger partial charge in [-0.1, -0.05) is 6.92 Å². The molecular formula is C18H18FN5O3. The number of nitriles is 1. The molecule has 0 radical (unpaired) electrons. The number of likely N-dealkylation sites (tertiary alicyclic amines) is 1. The molecule has 2 aromatic rings. The van der Waals surface area contributed by atoms with Gasteiger partial charge in [-0.3, -0.25) is 10.1 Å². The van der Waals surface area contributed by atoms with E-state index in [1.807, 2.05) is 13.0 Å². The molecule has 27 heavy (non-hydrogen) atoms. The van der Waals surface area contributed by atoms with Crippen molar-refractivity contribution in [3.8, 4) is 11.8 Å². The van der Waals surface area contributed by atoms with E-state index in [1.165, 1.54) is 21.7 Å². The predicted molar refractivity (Wildman–Crippen MR) is 93.7 cm³/mol. The first-order valence-corrected chi connectivity index (χ1v) is 8.41. The maximum absolute atomic E-state index is 13.3. The number of carbonyl (C=O) groups excluding carboxylic acids is 1. The molecule has 2 heterocycles. The molecule has 1 aliphatic heterocycles. The number of anilines is 1. The second kappa shape index (κ2) is 7.45. The highest BCUT2D eigenvalue weighted by molar-refractivity contribution is 5.88. The number of nitrogens with one attached hydrogen (secondary N) is 1. The third kappa shape index (κ3) is 4.06. The van der Waals surface area contributed by atoms with Gasteiger partial charge in [0.1, 0.15) is 11.9 Å². The average molecular weight is 371 g/mol. The van der Waals surface area contributed by atoms with Gasteiger partial charge >= 0.3 is 12.0 Å². The highest BCUT2D eigenvalue weighted by atomic mass is 19.1. The standard InChI is InChI=1S/C18H18FN5O3/c1-11-6-13(17(25)26)10-23(9-11)18(27)21-16-4-5-24(22-16)15-3-2-14(19)7-12(15)8-20/h2-5,7,11,13H,6,9-10H2,1H3,(H,25,26)(H,21,22,27). The first kappa shape index (κ1) is 18.4. The zero-order valence-electron chi connectivity index (χ0n) is 14.6. The summed E-state index contributed by atoms with van der Waals surface area (Å²) in [6, 6.07) is 6.77. The smallest absolute Gasteiger partial charge is 0.323 e. The molecule has 1 saturated heterocycles. The van der Waals surface area contributed by atoms with Crippen LogP contribution in [-0.4, -0.2) is 44.9 Å². The Hall–Kier alpha value is -3.41. The number of nitrogens with zero attached hydrogens (tertiary/aromatic N) is 4. The molecule has 1 aromatic carbocycles. The molecule has 0 bridgehead atoms. The van der Waals surface area contributed by atoms with Gasteiger partial charge in [-0.05, 0) is 30.5 Å². The van der Waals surface area contributed by atoms with Crippen LogP contribution < -0.4 is 5.32 Å². The molecule has 1 aromatic heterocycles. The molecule has 2 amide bonds. The number of hydrogen-bond donors (Lipinski definition) is 2. The van der Waals surface area contributed by atoms with Crippen LogP contribution in [0.25, 0.3) is 5.69 Å². The van der Waals surface area contributed by atoms with Crippen LogP contribution >= 0.6 is 0 Å². The number of halogens is 1. The molecule has 140 valence electrons. The Kier molecular flexibility index (Phi) is 5.07. The topological polar surface area (TPSA) is 111 Å². The molecule has 1 fully saturated rings. The predicted octanol–water partition coefficient (Wildman–Crippen LogP) is 2.46. The van der Waals surface area contributed by atoms with Crippen LogP contribution in [0.1, 0.15) is 18.9 Å². The highest BCUT2D eigenvalue weighted by Gasteiger charge is 2.32. The lowest BCUT2D eigenvalue weighted by molar-refractivity contribution is -0.143. The van der Waals surface area contributed by atoms with Crippen molar-refractivity contribution in [2.24, 2.45) is 11.8 Å². The SMILES string of the molecule is CC1CC(C(=O)O)CN(C(=O)Nc2ccn(-c3ccc(F)cc3C#N)n2)C1. The van der Waals surface area contributed by atoms with Crippen LogP contribution in [0.2, 0.25) is 0 Å². The summed E-state index contributed by atoms with van der Waals surface area (Å²) < 4.78 is 14.6. The average Bonchev–Trinajstić information content (AvgIpc) is 3.09. The minimum absolute atomic E-state index is 0.0839. The zero-order valence-corrected chi connectivity index (χ0v) is 14.6. The van der Waals surface area contributed by atoms with Gasteiger partial charge in [0.25, 0.3) is 0 Å². The molecular weight excluding hydrogens is 353 g/mol. The van der Waals surface area contributed by atoms with Gasteiger partial charge in [-0.25, -0.2) is 13.9 Å². The number of urea groups is 1. The van der Waals surface area contributed by atoms with Gasteiger partial charge in [0, 0.05) is 25.4 Å². The van der Waals surface area contributed by atoms with Crippen LogP contribution in [0.15, 0.2) is 30.5 Å². The number of amides is 2. The molecule has 1 aliphatic rings. The van der Waals surface area contributed by atoms with Crippen molar-refractivity contribution in [2.45, 2.75) is 13.3 Å². The molecule has 0 saturated carbocycles. The summed E-state index contributed by atoms with van der Waals surface area (Å²) in [6.07, 6.45) is 2.08. The normalized spacial score (nSPS) is 19.4. The molecule has 2 atom stereocenters. The van der Waals surface area contributed by atoms with Gasteiger partial charge in [0.05, 0.1) is 17.2 Å². The molecule has 3 rings (SSSR count). The Morgan fingerprint density at radius 2 is 2.15 bits per heavy atom. The molecule has 9 heteroatoms. The van der Waals surface area contributed by atoms with Crippen molar-refractivity contribution < 1.29 is 19.1 Å². The highest BCUT2D eigenvalue weighted by Crippen LogP contribution is 2.23. The van der Waals surface area contributed by atoms with Crippen LogP contribution in [0.3, 0.4) is 0 Å². The van der Waals surface area contributed by atoms with E-state index in [0.29, 0.717) is 18.7 Å². The number of hydrogen-bond acceptors (Lipinski definition) is 4. The number of aliphatic carboxylic acids is 1. The van der Waals surface area contributed by atoms with Crippen molar-refractivity contribution in [1.29, 1.82) is 5.26 Å². The van der Waals surface area contributed by atoms with Gasteiger partial charge in [-0.2, -0.15) is 5.26 Å². The molecule has 2 unspecified atom stereocenters. The third-order valence-electron chi connectivity index (χ3n) is 4.45. The first-order valence-electron chi connectivity index (χ1n) is 8.41. The van der Waals surface area contributed by atoms with Gasteiger partial charge < -0.3 is 10.0 Å². The molecule has 0 aliphatic carbocycles. The van der Waals surface area contributed by atoms with E-state index in [9.17, 15) is 19.1 Å². The number of piperidine rings is 1. The fourth-order valence-corrected chi connectivity index (χ4v) is 3.21. The summed E-state index contributed by atoms with van der Waals surface area (Å²) in [5.74, 6) is -1.69. The number of benzene rings is 1. The fourth-order valence-electron chi connectivity index (χ4n) is 3.21. The quantitative estimate of drug-likeness (QED) is 0.861. The Balaban J connectivity index is 1.73. The number of carboxylic acid groups (broad SMARTS) is 1. The summed E-state index contributed by atoms with van der Waals surface area (Å²) >= 11 is 0. The lowest BCUT2D eigenvalue weighted by Gasteiger charge is -2.34. The van der Waals surface area contributed by atoms with Crippen LogP contribution in [0.4, 0.5) is 15.0 Å². The number of carbonyl (C=O) groups is 2. The second-order valence-corrected chi connectivity index (χ2v) is 6.63. The van der Waals surface area contributed by atoms with E-state index in [4.69, 9.17) is 5.26 Å². The van der Waals surface area contributed by atoms with E-state index >= 15 is 0 Å². The maximum Gasteiger partial charge on any atom is 0.323 e.